The van der Waals surface area contributed by atoms with E-state index in [9.17, 15) is 4.79 Å². The highest BCUT2D eigenvalue weighted by Gasteiger charge is 2.17. The number of benzene rings is 1. The number of aromatic nitrogens is 1. The smallest absolute Gasteiger partial charge is 0.356 e. The molecule has 1 aromatic heterocycles. The number of para-hydroxylation sites is 1. The molecule has 0 amide bonds. The number of hydrogen-bond donors (Lipinski definition) is 1. The Bertz CT molecular complexity index is 578. The van der Waals surface area contributed by atoms with Crippen LogP contribution in [0.4, 0.5) is 0 Å². The first kappa shape index (κ1) is 10.2. The maximum absolute atomic E-state index is 11.6. The highest BCUT2D eigenvalue weighted by molar-refractivity contribution is 6.00. The zero-order chi connectivity index (χ0) is 11.5. The van der Waals surface area contributed by atoms with Gasteiger partial charge in [0.1, 0.15) is 11.8 Å². The van der Waals surface area contributed by atoms with Crippen molar-refractivity contribution in [3.8, 4) is 6.07 Å². The highest BCUT2D eigenvalue weighted by Crippen LogP contribution is 2.21. The van der Waals surface area contributed by atoms with E-state index >= 15 is 0 Å². The van der Waals surface area contributed by atoms with Crippen molar-refractivity contribution in [2.45, 2.75) is 6.92 Å². The first-order chi connectivity index (χ1) is 7.77. The molecule has 4 heteroatoms. The number of carbonyl (C=O) groups is 1. The topological polar surface area (TPSA) is 65.9 Å². The van der Waals surface area contributed by atoms with Gasteiger partial charge in [0.05, 0.1) is 12.2 Å². The fraction of sp³-hybridized carbons (Fsp3) is 0.167. The number of carbonyl (C=O) groups excluding carboxylic acids is 1. The van der Waals surface area contributed by atoms with Crippen LogP contribution < -0.4 is 0 Å². The monoisotopic (exact) mass is 214 g/mol. The molecular formula is C12H10N2O2. The fourth-order valence-corrected chi connectivity index (χ4v) is 1.61. The quantitative estimate of drug-likeness (QED) is 0.779. The summed E-state index contributed by atoms with van der Waals surface area (Å²) in [5.74, 6) is -0.491. The van der Waals surface area contributed by atoms with Gasteiger partial charge in [-0.3, -0.25) is 0 Å². The van der Waals surface area contributed by atoms with Crippen molar-refractivity contribution in [2.24, 2.45) is 0 Å². The third-order valence-corrected chi connectivity index (χ3v) is 2.30. The second-order valence-electron chi connectivity index (χ2n) is 3.25. The maximum Gasteiger partial charge on any atom is 0.356 e. The van der Waals surface area contributed by atoms with Crippen molar-refractivity contribution in [3.05, 3.63) is 35.5 Å². The molecule has 16 heavy (non-hydrogen) atoms. The lowest BCUT2D eigenvalue weighted by Gasteiger charge is -1.98. The minimum atomic E-state index is -0.491. The van der Waals surface area contributed by atoms with Gasteiger partial charge in [-0.05, 0) is 13.0 Å². The number of nitriles is 1. The number of H-pyrrole nitrogens is 1. The number of rotatable bonds is 2. The SMILES string of the molecule is CCOC(=O)c1[nH]c2ccccc2c1C#N. The summed E-state index contributed by atoms with van der Waals surface area (Å²) in [5.41, 5.74) is 1.33. The molecular weight excluding hydrogens is 204 g/mol. The van der Waals surface area contributed by atoms with Gasteiger partial charge in [0.15, 0.2) is 0 Å². The lowest BCUT2D eigenvalue weighted by Crippen LogP contribution is -2.06. The number of nitrogens with zero attached hydrogens (tertiary/aromatic N) is 1. The molecule has 2 rings (SSSR count). The Labute approximate surface area is 92.4 Å². The van der Waals surface area contributed by atoms with Gasteiger partial charge in [0.25, 0.3) is 0 Å². The van der Waals surface area contributed by atoms with E-state index in [1.807, 2.05) is 24.3 Å². The minimum absolute atomic E-state index is 0.227. The summed E-state index contributed by atoms with van der Waals surface area (Å²) in [5, 5.41) is 9.79. The van der Waals surface area contributed by atoms with Crippen LogP contribution in [0.3, 0.4) is 0 Å². The van der Waals surface area contributed by atoms with Crippen LogP contribution in [-0.2, 0) is 4.74 Å². The van der Waals surface area contributed by atoms with Crippen LogP contribution in [0.15, 0.2) is 24.3 Å². The molecule has 0 fully saturated rings. The third-order valence-electron chi connectivity index (χ3n) is 2.30. The van der Waals surface area contributed by atoms with Crippen LogP contribution >= 0.6 is 0 Å². The Kier molecular flexibility index (Phi) is 2.61. The highest BCUT2D eigenvalue weighted by atomic mass is 16.5. The summed E-state index contributed by atoms with van der Waals surface area (Å²) >= 11 is 0. The van der Waals surface area contributed by atoms with Gasteiger partial charge in [0.2, 0.25) is 0 Å². The molecule has 0 aliphatic heterocycles. The Morgan fingerprint density at radius 3 is 2.94 bits per heavy atom. The van der Waals surface area contributed by atoms with Gasteiger partial charge in [-0.15, -0.1) is 0 Å². The lowest BCUT2D eigenvalue weighted by atomic mass is 10.1. The summed E-state index contributed by atoms with van der Waals surface area (Å²) in [7, 11) is 0. The first-order valence-corrected chi connectivity index (χ1v) is 4.95. The molecule has 4 nitrogen and oxygen atoms in total. The van der Waals surface area contributed by atoms with Crippen molar-refractivity contribution >= 4 is 16.9 Å². The van der Waals surface area contributed by atoms with Gasteiger partial charge in [-0.2, -0.15) is 5.26 Å². The molecule has 2 aromatic rings. The van der Waals surface area contributed by atoms with Gasteiger partial charge in [-0.25, -0.2) is 4.79 Å². The number of nitrogens with one attached hydrogen (secondary N) is 1. The van der Waals surface area contributed by atoms with E-state index in [1.165, 1.54) is 0 Å². The summed E-state index contributed by atoms with van der Waals surface area (Å²) < 4.78 is 4.88. The molecule has 0 unspecified atom stereocenters. The molecule has 1 aromatic carbocycles. The van der Waals surface area contributed by atoms with Gasteiger partial charge < -0.3 is 9.72 Å². The average Bonchev–Trinajstić information content (AvgIpc) is 2.67. The Morgan fingerprint density at radius 1 is 1.50 bits per heavy atom. The van der Waals surface area contributed by atoms with E-state index in [1.54, 1.807) is 13.0 Å². The number of hydrogen-bond acceptors (Lipinski definition) is 3. The average molecular weight is 214 g/mol. The van der Waals surface area contributed by atoms with E-state index in [0.717, 1.165) is 10.9 Å². The zero-order valence-corrected chi connectivity index (χ0v) is 8.78. The normalized spacial score (nSPS) is 10.0. The van der Waals surface area contributed by atoms with Crippen LogP contribution in [-0.4, -0.2) is 17.6 Å². The van der Waals surface area contributed by atoms with Gasteiger partial charge >= 0.3 is 5.97 Å². The summed E-state index contributed by atoms with van der Waals surface area (Å²) in [6.07, 6.45) is 0. The molecule has 0 saturated carbocycles. The number of ether oxygens (including phenoxy) is 1. The fourth-order valence-electron chi connectivity index (χ4n) is 1.61. The Hall–Kier alpha value is -2.28. The predicted molar refractivity (Wildman–Crippen MR) is 59.0 cm³/mol. The minimum Gasteiger partial charge on any atom is -0.461 e. The molecule has 0 aliphatic rings. The van der Waals surface area contributed by atoms with E-state index in [2.05, 4.69) is 4.98 Å². The zero-order valence-electron chi connectivity index (χ0n) is 8.78. The predicted octanol–water partition coefficient (Wildman–Crippen LogP) is 2.22. The number of fused-ring (bicyclic) bond motifs is 1. The van der Waals surface area contributed by atoms with E-state index in [4.69, 9.17) is 10.00 Å². The second-order valence-corrected chi connectivity index (χ2v) is 3.25. The molecule has 80 valence electrons. The van der Waals surface area contributed by atoms with Gasteiger partial charge in [-0.1, -0.05) is 18.2 Å². The molecule has 1 heterocycles. The second kappa shape index (κ2) is 4.07. The van der Waals surface area contributed by atoms with Crippen LogP contribution in [0, 0.1) is 11.3 Å². The van der Waals surface area contributed by atoms with E-state index < -0.39 is 5.97 Å². The summed E-state index contributed by atoms with van der Waals surface area (Å²) in [6, 6.07) is 9.31. The summed E-state index contributed by atoms with van der Waals surface area (Å²) in [6.45, 7) is 2.02. The number of aromatic amines is 1. The van der Waals surface area contributed by atoms with Crippen LogP contribution in [0.5, 0.6) is 0 Å². The Morgan fingerprint density at radius 2 is 2.25 bits per heavy atom. The Balaban J connectivity index is 2.62. The van der Waals surface area contributed by atoms with Crippen molar-refractivity contribution < 1.29 is 9.53 Å². The molecule has 0 aliphatic carbocycles. The molecule has 1 N–H and O–H groups in total. The van der Waals surface area contributed by atoms with Crippen molar-refractivity contribution in [1.29, 1.82) is 5.26 Å². The lowest BCUT2D eigenvalue weighted by molar-refractivity contribution is 0.0520. The van der Waals surface area contributed by atoms with Crippen molar-refractivity contribution in [2.75, 3.05) is 6.61 Å². The maximum atomic E-state index is 11.6. The molecule has 0 saturated heterocycles. The largest absolute Gasteiger partial charge is 0.461 e. The first-order valence-electron chi connectivity index (χ1n) is 4.95. The molecule has 0 bridgehead atoms. The molecule has 0 spiro atoms. The van der Waals surface area contributed by atoms with Crippen LogP contribution in [0.25, 0.3) is 10.9 Å². The summed E-state index contributed by atoms with van der Waals surface area (Å²) in [4.78, 5) is 14.5. The van der Waals surface area contributed by atoms with Gasteiger partial charge in [0, 0.05) is 10.9 Å². The van der Waals surface area contributed by atoms with Crippen molar-refractivity contribution in [3.63, 3.8) is 0 Å². The van der Waals surface area contributed by atoms with Crippen LogP contribution in [0.2, 0.25) is 0 Å². The molecule has 0 radical (unpaired) electrons. The third kappa shape index (κ3) is 1.52. The number of esters is 1. The van der Waals surface area contributed by atoms with Crippen LogP contribution in [0.1, 0.15) is 23.0 Å². The van der Waals surface area contributed by atoms with Crippen molar-refractivity contribution in [1.82, 2.24) is 4.98 Å². The molecule has 0 atom stereocenters. The van der Waals surface area contributed by atoms with E-state index in [-0.39, 0.29) is 5.69 Å². The van der Waals surface area contributed by atoms with E-state index in [0.29, 0.717) is 12.2 Å². The standard InChI is InChI=1S/C12H10N2O2/c1-2-16-12(15)11-9(7-13)8-5-3-4-6-10(8)14-11/h3-6,14H,2H2,1H3.